The van der Waals surface area contributed by atoms with Crippen LogP contribution in [0.3, 0.4) is 0 Å². The Bertz CT molecular complexity index is 661. The van der Waals surface area contributed by atoms with Gasteiger partial charge < -0.3 is 14.2 Å². The number of hydrogen-bond donors (Lipinski definition) is 0. The molecule has 1 aliphatic rings. The molecule has 0 saturated carbocycles. The number of amides is 1. The number of hydrogen-bond acceptors (Lipinski definition) is 6. The Labute approximate surface area is 152 Å². The minimum absolute atomic E-state index is 0.129. The first kappa shape index (κ1) is 18.1. The number of piperidine rings is 1. The van der Waals surface area contributed by atoms with Crippen molar-refractivity contribution in [2.24, 2.45) is 5.92 Å². The number of carbonyl (C=O) groups excluding carboxylic acids is 1. The molecule has 1 fully saturated rings. The molecule has 1 saturated heterocycles. The van der Waals surface area contributed by atoms with Crippen LogP contribution in [-0.2, 0) is 17.6 Å². The molecule has 25 heavy (non-hydrogen) atoms. The van der Waals surface area contributed by atoms with Crippen molar-refractivity contribution in [1.29, 1.82) is 0 Å². The molecular formula is C18H25N3O3S. The lowest BCUT2D eigenvalue weighted by Crippen LogP contribution is -2.40. The molecule has 7 heteroatoms. The molecule has 0 N–H and O–H groups in total. The van der Waals surface area contributed by atoms with E-state index in [1.165, 1.54) is 0 Å². The summed E-state index contributed by atoms with van der Waals surface area (Å²) in [5.41, 5.74) is 0.790. The zero-order valence-corrected chi connectivity index (χ0v) is 15.6. The normalized spacial score (nSPS) is 15.9. The van der Waals surface area contributed by atoms with E-state index < -0.39 is 0 Å². The highest BCUT2D eigenvalue weighted by molar-refractivity contribution is 7.08. The van der Waals surface area contributed by atoms with Crippen LogP contribution in [0.1, 0.15) is 48.8 Å². The Morgan fingerprint density at radius 1 is 1.44 bits per heavy atom. The Kier molecular flexibility index (Phi) is 6.20. The predicted molar refractivity (Wildman–Crippen MR) is 95.7 cm³/mol. The highest BCUT2D eigenvalue weighted by Gasteiger charge is 2.24. The third-order valence-electron chi connectivity index (χ3n) is 4.27. The molecule has 6 nitrogen and oxygen atoms in total. The number of aromatic nitrogens is 2. The van der Waals surface area contributed by atoms with Gasteiger partial charge in [0, 0.05) is 31.3 Å². The largest absolute Gasteiger partial charge is 0.378 e. The summed E-state index contributed by atoms with van der Waals surface area (Å²) in [6.07, 6.45) is 3.43. The van der Waals surface area contributed by atoms with Crippen molar-refractivity contribution >= 4 is 17.2 Å². The van der Waals surface area contributed by atoms with Gasteiger partial charge in [0.25, 0.3) is 5.91 Å². The Balaban J connectivity index is 1.36. The van der Waals surface area contributed by atoms with Crippen molar-refractivity contribution in [2.45, 2.75) is 45.6 Å². The smallest absolute Gasteiger partial charge is 0.254 e. The molecule has 3 rings (SSSR count). The van der Waals surface area contributed by atoms with E-state index in [-0.39, 0.29) is 12.0 Å². The molecule has 136 valence electrons. The summed E-state index contributed by atoms with van der Waals surface area (Å²) in [4.78, 5) is 18.6. The fourth-order valence-corrected chi connectivity index (χ4v) is 3.56. The molecule has 0 aromatic carbocycles. The van der Waals surface area contributed by atoms with Crippen LogP contribution in [0.25, 0.3) is 0 Å². The first-order valence-corrected chi connectivity index (χ1v) is 9.80. The van der Waals surface area contributed by atoms with Gasteiger partial charge in [0.2, 0.25) is 5.89 Å². The van der Waals surface area contributed by atoms with Crippen LogP contribution < -0.4 is 0 Å². The van der Waals surface area contributed by atoms with E-state index in [0.29, 0.717) is 30.7 Å². The van der Waals surface area contributed by atoms with Gasteiger partial charge in [0.1, 0.15) is 0 Å². The van der Waals surface area contributed by atoms with Crippen LogP contribution in [0.4, 0.5) is 0 Å². The van der Waals surface area contributed by atoms with Gasteiger partial charge in [0.05, 0.1) is 18.3 Å². The maximum atomic E-state index is 12.3. The van der Waals surface area contributed by atoms with E-state index in [2.05, 4.69) is 24.0 Å². The predicted octanol–water partition coefficient (Wildman–Crippen LogP) is 3.19. The first-order valence-electron chi connectivity index (χ1n) is 8.86. The molecule has 3 heterocycles. The van der Waals surface area contributed by atoms with E-state index in [1.807, 2.05) is 21.7 Å². The lowest BCUT2D eigenvalue weighted by molar-refractivity contribution is 0.00949. The summed E-state index contributed by atoms with van der Waals surface area (Å²) in [5, 5.41) is 7.84. The zero-order chi connectivity index (χ0) is 17.6. The topological polar surface area (TPSA) is 68.5 Å². The fourth-order valence-electron chi connectivity index (χ4n) is 2.94. The SMILES string of the molecule is CC(C)Cc1nc(CCOC2CCN(C(=O)c3ccsc3)CC2)no1. The number of likely N-dealkylation sites (tertiary alicyclic amines) is 1. The van der Waals surface area contributed by atoms with Gasteiger partial charge in [-0.3, -0.25) is 4.79 Å². The van der Waals surface area contributed by atoms with E-state index in [0.717, 1.165) is 37.9 Å². The van der Waals surface area contributed by atoms with Crippen molar-refractivity contribution in [3.63, 3.8) is 0 Å². The summed E-state index contributed by atoms with van der Waals surface area (Å²) < 4.78 is 11.2. The molecule has 0 unspecified atom stereocenters. The minimum atomic E-state index is 0.129. The van der Waals surface area contributed by atoms with Crippen LogP contribution in [0.2, 0.25) is 0 Å². The average molecular weight is 363 g/mol. The summed E-state index contributed by atoms with van der Waals surface area (Å²) in [5.74, 6) is 2.04. The molecule has 1 aliphatic heterocycles. The summed E-state index contributed by atoms with van der Waals surface area (Å²) in [6, 6.07) is 1.88. The van der Waals surface area contributed by atoms with Gasteiger partial charge in [-0.25, -0.2) is 0 Å². The second-order valence-corrected chi connectivity index (χ2v) is 7.61. The molecule has 0 spiro atoms. The Morgan fingerprint density at radius 3 is 2.92 bits per heavy atom. The maximum absolute atomic E-state index is 12.3. The van der Waals surface area contributed by atoms with Gasteiger partial charge in [-0.15, -0.1) is 0 Å². The van der Waals surface area contributed by atoms with E-state index in [9.17, 15) is 4.79 Å². The average Bonchev–Trinajstić information content (AvgIpc) is 3.26. The van der Waals surface area contributed by atoms with E-state index in [1.54, 1.807) is 11.3 Å². The molecule has 0 radical (unpaired) electrons. The summed E-state index contributed by atoms with van der Waals surface area (Å²) in [7, 11) is 0. The lowest BCUT2D eigenvalue weighted by atomic mass is 10.1. The number of ether oxygens (including phenoxy) is 1. The van der Waals surface area contributed by atoms with Crippen LogP contribution in [0.15, 0.2) is 21.3 Å². The van der Waals surface area contributed by atoms with E-state index in [4.69, 9.17) is 9.26 Å². The lowest BCUT2D eigenvalue weighted by Gasteiger charge is -2.31. The third kappa shape index (κ3) is 5.12. The molecule has 0 atom stereocenters. The van der Waals surface area contributed by atoms with Crippen LogP contribution in [0.5, 0.6) is 0 Å². The molecular weight excluding hydrogens is 338 g/mol. The van der Waals surface area contributed by atoms with Crippen LogP contribution >= 0.6 is 11.3 Å². The van der Waals surface area contributed by atoms with E-state index >= 15 is 0 Å². The molecule has 2 aromatic rings. The minimum Gasteiger partial charge on any atom is -0.378 e. The fraction of sp³-hybridized carbons (Fsp3) is 0.611. The van der Waals surface area contributed by atoms with Gasteiger partial charge in [0.15, 0.2) is 5.82 Å². The van der Waals surface area contributed by atoms with Crippen molar-refractivity contribution < 1.29 is 14.1 Å². The van der Waals surface area contributed by atoms with Crippen LogP contribution in [0, 0.1) is 5.92 Å². The third-order valence-corrected chi connectivity index (χ3v) is 4.95. The quantitative estimate of drug-likeness (QED) is 0.756. The van der Waals surface area contributed by atoms with Gasteiger partial charge in [-0.05, 0) is 30.2 Å². The van der Waals surface area contributed by atoms with Gasteiger partial charge in [-0.2, -0.15) is 16.3 Å². The molecule has 0 bridgehead atoms. The van der Waals surface area contributed by atoms with Crippen LogP contribution in [-0.4, -0.2) is 46.7 Å². The van der Waals surface area contributed by atoms with Crippen molar-refractivity contribution in [3.05, 3.63) is 34.1 Å². The standard InChI is InChI=1S/C18H25N3O3S/c1-13(2)11-17-19-16(20-24-17)5-9-23-15-3-7-21(8-4-15)18(22)14-6-10-25-12-14/h6,10,12-13,15H,3-5,7-9,11H2,1-2H3. The first-order chi connectivity index (χ1) is 12.1. The van der Waals surface area contributed by atoms with Crippen molar-refractivity contribution in [3.8, 4) is 0 Å². The molecule has 2 aromatic heterocycles. The number of thiophene rings is 1. The summed E-state index contributed by atoms with van der Waals surface area (Å²) in [6.45, 7) is 6.34. The second kappa shape index (κ2) is 8.58. The molecule has 1 amide bonds. The highest BCUT2D eigenvalue weighted by Crippen LogP contribution is 2.18. The van der Waals surface area contributed by atoms with Gasteiger partial charge >= 0.3 is 0 Å². The summed E-state index contributed by atoms with van der Waals surface area (Å²) >= 11 is 1.55. The Hall–Kier alpha value is -1.73. The number of nitrogens with zero attached hydrogens (tertiary/aromatic N) is 3. The number of rotatable bonds is 7. The second-order valence-electron chi connectivity index (χ2n) is 6.83. The zero-order valence-electron chi connectivity index (χ0n) is 14.8. The number of carbonyl (C=O) groups is 1. The monoisotopic (exact) mass is 363 g/mol. The van der Waals surface area contributed by atoms with Crippen molar-refractivity contribution in [2.75, 3.05) is 19.7 Å². The van der Waals surface area contributed by atoms with Crippen molar-refractivity contribution in [1.82, 2.24) is 15.0 Å². The maximum Gasteiger partial charge on any atom is 0.254 e. The highest BCUT2D eigenvalue weighted by atomic mass is 32.1. The van der Waals surface area contributed by atoms with Gasteiger partial charge in [-0.1, -0.05) is 19.0 Å². The molecule has 0 aliphatic carbocycles. The Morgan fingerprint density at radius 2 is 2.24 bits per heavy atom.